The van der Waals surface area contributed by atoms with Crippen LogP contribution < -0.4 is 0 Å². The average molecular weight is 286 g/mol. The van der Waals surface area contributed by atoms with Crippen molar-refractivity contribution < 1.29 is 14.6 Å². The van der Waals surface area contributed by atoms with Crippen molar-refractivity contribution in [1.82, 2.24) is 9.80 Å². The van der Waals surface area contributed by atoms with Crippen LogP contribution in [0.15, 0.2) is 0 Å². The summed E-state index contributed by atoms with van der Waals surface area (Å²) in [7, 11) is 0. The van der Waals surface area contributed by atoms with E-state index in [1.54, 1.807) is 0 Å². The summed E-state index contributed by atoms with van der Waals surface area (Å²) in [6.45, 7) is 11.3. The number of hydrogen-bond acceptors (Lipinski definition) is 5. The number of hydrogen-bond donors (Lipinski definition) is 1. The molecule has 118 valence electrons. The first-order chi connectivity index (χ1) is 9.63. The second kappa shape index (κ2) is 8.29. The molecule has 2 rings (SSSR count). The molecule has 2 saturated heterocycles. The van der Waals surface area contributed by atoms with Gasteiger partial charge in [-0.1, -0.05) is 0 Å². The van der Waals surface area contributed by atoms with Crippen molar-refractivity contribution in [3.63, 3.8) is 0 Å². The Bertz CT molecular complexity index is 252. The Balaban J connectivity index is 1.74. The highest BCUT2D eigenvalue weighted by Gasteiger charge is 2.21. The molecule has 0 aliphatic carbocycles. The minimum atomic E-state index is -0.286. The van der Waals surface area contributed by atoms with Gasteiger partial charge in [-0.05, 0) is 26.7 Å². The van der Waals surface area contributed by atoms with Gasteiger partial charge in [-0.15, -0.1) is 0 Å². The highest BCUT2D eigenvalue weighted by Crippen LogP contribution is 2.09. The predicted octanol–water partition coefficient (Wildman–Crippen LogP) is 0.569. The third kappa shape index (κ3) is 5.66. The van der Waals surface area contributed by atoms with E-state index in [2.05, 4.69) is 23.6 Å². The van der Waals surface area contributed by atoms with E-state index in [1.165, 1.54) is 0 Å². The van der Waals surface area contributed by atoms with Crippen LogP contribution in [-0.2, 0) is 9.47 Å². The lowest BCUT2D eigenvalue weighted by atomic mass is 10.2. The molecule has 0 unspecified atom stereocenters. The summed E-state index contributed by atoms with van der Waals surface area (Å²) in [4.78, 5) is 4.67. The average Bonchev–Trinajstić information content (AvgIpc) is 2.69. The minimum Gasteiger partial charge on any atom is -0.390 e. The Labute approximate surface area is 122 Å². The summed E-state index contributed by atoms with van der Waals surface area (Å²) >= 11 is 0. The van der Waals surface area contributed by atoms with Gasteiger partial charge in [0.25, 0.3) is 0 Å². The van der Waals surface area contributed by atoms with Gasteiger partial charge in [-0.3, -0.25) is 9.80 Å². The standard InChI is InChI=1S/C15H30N2O3/c1-13-9-16(5-3-7-19-13)11-15(18)12-17-6-4-8-20-14(2)10-17/h13-15,18H,3-12H2,1-2H3/t13-,14-/m0/s1. The Kier molecular flexibility index (Phi) is 6.71. The lowest BCUT2D eigenvalue weighted by molar-refractivity contribution is 0.0375. The molecule has 20 heavy (non-hydrogen) atoms. The summed E-state index contributed by atoms with van der Waals surface area (Å²) in [5.74, 6) is 0. The quantitative estimate of drug-likeness (QED) is 0.818. The van der Waals surface area contributed by atoms with Gasteiger partial charge >= 0.3 is 0 Å². The predicted molar refractivity (Wildman–Crippen MR) is 78.9 cm³/mol. The number of β-amino-alcohol motifs (C(OH)–C–C–N with tert-alkyl or cyclic N) is 1. The number of ether oxygens (including phenoxy) is 2. The molecule has 0 bridgehead atoms. The summed E-state index contributed by atoms with van der Waals surface area (Å²) in [6.07, 6.45) is 2.38. The highest BCUT2D eigenvalue weighted by molar-refractivity contribution is 4.75. The van der Waals surface area contributed by atoms with Crippen LogP contribution >= 0.6 is 0 Å². The Morgan fingerprint density at radius 1 is 0.950 bits per heavy atom. The number of aliphatic hydroxyl groups excluding tert-OH is 1. The van der Waals surface area contributed by atoms with Crippen molar-refractivity contribution in [2.45, 2.75) is 45.0 Å². The molecule has 0 spiro atoms. The lowest BCUT2D eigenvalue weighted by Crippen LogP contribution is -2.43. The van der Waals surface area contributed by atoms with Gasteiger partial charge in [0.2, 0.25) is 0 Å². The van der Waals surface area contributed by atoms with Crippen molar-refractivity contribution in [2.24, 2.45) is 0 Å². The van der Waals surface area contributed by atoms with Gasteiger partial charge in [-0.2, -0.15) is 0 Å². The normalized spacial score (nSPS) is 31.2. The molecule has 2 fully saturated rings. The van der Waals surface area contributed by atoms with Crippen LogP contribution in [0.25, 0.3) is 0 Å². The maximum Gasteiger partial charge on any atom is 0.0793 e. The number of rotatable bonds is 4. The highest BCUT2D eigenvalue weighted by atomic mass is 16.5. The van der Waals surface area contributed by atoms with Crippen molar-refractivity contribution >= 4 is 0 Å². The van der Waals surface area contributed by atoms with Crippen LogP contribution in [0.4, 0.5) is 0 Å². The first kappa shape index (κ1) is 16.2. The number of aliphatic hydroxyl groups is 1. The van der Waals surface area contributed by atoms with Gasteiger partial charge in [0.15, 0.2) is 0 Å². The maximum atomic E-state index is 10.3. The molecule has 0 aromatic rings. The second-order valence-electron chi connectivity index (χ2n) is 6.24. The Morgan fingerprint density at radius 3 is 1.85 bits per heavy atom. The SMILES string of the molecule is C[C@H]1CN(CC(O)CN2CCCO[C@@H](C)C2)CCCO1. The molecule has 5 nitrogen and oxygen atoms in total. The zero-order valence-corrected chi connectivity index (χ0v) is 13.0. The van der Waals surface area contributed by atoms with Gasteiger partial charge in [0.1, 0.15) is 0 Å². The molecule has 0 aromatic heterocycles. The third-order valence-corrected chi connectivity index (χ3v) is 4.01. The van der Waals surface area contributed by atoms with Crippen LogP contribution in [0, 0.1) is 0 Å². The molecule has 2 heterocycles. The van der Waals surface area contributed by atoms with Crippen LogP contribution in [0.2, 0.25) is 0 Å². The van der Waals surface area contributed by atoms with Crippen LogP contribution in [0.3, 0.4) is 0 Å². The Hall–Kier alpha value is -0.200. The molecular formula is C15H30N2O3. The van der Waals surface area contributed by atoms with Gasteiger partial charge in [0, 0.05) is 52.5 Å². The smallest absolute Gasteiger partial charge is 0.0793 e. The largest absolute Gasteiger partial charge is 0.390 e. The fraction of sp³-hybridized carbons (Fsp3) is 1.00. The number of nitrogens with zero attached hydrogens (tertiary/aromatic N) is 2. The van der Waals surface area contributed by atoms with E-state index in [4.69, 9.17) is 9.47 Å². The van der Waals surface area contributed by atoms with E-state index in [0.717, 1.165) is 65.3 Å². The van der Waals surface area contributed by atoms with E-state index in [-0.39, 0.29) is 18.3 Å². The summed E-state index contributed by atoms with van der Waals surface area (Å²) in [5, 5.41) is 10.3. The molecule has 2 aliphatic heterocycles. The van der Waals surface area contributed by atoms with Crippen LogP contribution in [-0.4, -0.2) is 85.7 Å². The first-order valence-corrected chi connectivity index (χ1v) is 7.99. The molecule has 2 atom stereocenters. The van der Waals surface area contributed by atoms with Gasteiger partial charge in [0.05, 0.1) is 18.3 Å². The molecule has 0 amide bonds. The maximum absolute atomic E-state index is 10.3. The molecule has 0 saturated carbocycles. The molecule has 5 heteroatoms. The molecule has 0 aromatic carbocycles. The molecular weight excluding hydrogens is 256 g/mol. The van der Waals surface area contributed by atoms with Crippen molar-refractivity contribution in [3.8, 4) is 0 Å². The van der Waals surface area contributed by atoms with E-state index in [9.17, 15) is 5.11 Å². The van der Waals surface area contributed by atoms with Crippen LogP contribution in [0.1, 0.15) is 26.7 Å². The molecule has 1 N–H and O–H groups in total. The fourth-order valence-corrected chi connectivity index (χ4v) is 3.15. The van der Waals surface area contributed by atoms with Gasteiger partial charge in [-0.25, -0.2) is 0 Å². The summed E-state index contributed by atoms with van der Waals surface area (Å²) < 4.78 is 11.3. The fourth-order valence-electron chi connectivity index (χ4n) is 3.15. The minimum absolute atomic E-state index is 0.274. The second-order valence-corrected chi connectivity index (χ2v) is 6.24. The van der Waals surface area contributed by atoms with Crippen molar-refractivity contribution in [2.75, 3.05) is 52.5 Å². The summed E-state index contributed by atoms with van der Waals surface area (Å²) in [6, 6.07) is 0. The summed E-state index contributed by atoms with van der Waals surface area (Å²) in [5.41, 5.74) is 0. The van der Waals surface area contributed by atoms with E-state index < -0.39 is 0 Å². The van der Waals surface area contributed by atoms with E-state index in [0.29, 0.717) is 0 Å². The van der Waals surface area contributed by atoms with Gasteiger partial charge < -0.3 is 14.6 Å². The zero-order chi connectivity index (χ0) is 14.4. The third-order valence-electron chi connectivity index (χ3n) is 4.01. The molecule has 0 radical (unpaired) electrons. The van der Waals surface area contributed by atoms with Crippen LogP contribution in [0.5, 0.6) is 0 Å². The van der Waals surface area contributed by atoms with Crippen molar-refractivity contribution in [3.05, 3.63) is 0 Å². The monoisotopic (exact) mass is 286 g/mol. The topological polar surface area (TPSA) is 45.2 Å². The van der Waals surface area contributed by atoms with E-state index in [1.807, 2.05) is 0 Å². The van der Waals surface area contributed by atoms with Crippen molar-refractivity contribution in [1.29, 1.82) is 0 Å². The molecule has 2 aliphatic rings. The lowest BCUT2D eigenvalue weighted by Gasteiger charge is -2.28. The van der Waals surface area contributed by atoms with E-state index >= 15 is 0 Å². The zero-order valence-electron chi connectivity index (χ0n) is 13.0. The Morgan fingerprint density at radius 2 is 1.40 bits per heavy atom. The first-order valence-electron chi connectivity index (χ1n) is 7.99.